The van der Waals surface area contributed by atoms with Gasteiger partial charge in [0.25, 0.3) is 11.8 Å². The summed E-state index contributed by atoms with van der Waals surface area (Å²) < 4.78 is 14.1. The Hall–Kier alpha value is -2.71. The van der Waals surface area contributed by atoms with Gasteiger partial charge in [0.05, 0.1) is 24.7 Å². The number of imide groups is 1. The van der Waals surface area contributed by atoms with Gasteiger partial charge in [-0.25, -0.2) is 0 Å². The van der Waals surface area contributed by atoms with Crippen LogP contribution in [0.2, 0.25) is 0 Å². The van der Waals surface area contributed by atoms with Crippen LogP contribution >= 0.6 is 31.9 Å². The van der Waals surface area contributed by atoms with Gasteiger partial charge in [0.2, 0.25) is 0 Å². The van der Waals surface area contributed by atoms with Crippen LogP contribution in [0, 0.1) is 23.7 Å². The molecule has 0 spiro atoms. The summed E-state index contributed by atoms with van der Waals surface area (Å²) in [6.45, 7) is 6.59. The van der Waals surface area contributed by atoms with Crippen LogP contribution in [0.5, 0.6) is 11.5 Å². The quantitative estimate of drug-likeness (QED) is 0.196. The number of benzene rings is 2. The van der Waals surface area contributed by atoms with Crippen molar-refractivity contribution in [3.05, 3.63) is 80.8 Å². The minimum absolute atomic E-state index is 0.155. The molecule has 6 nitrogen and oxygen atoms in total. The van der Waals surface area contributed by atoms with Gasteiger partial charge in [-0.2, -0.15) is 10.1 Å². The maximum atomic E-state index is 13.0. The topological polar surface area (TPSA) is 68.2 Å². The van der Waals surface area contributed by atoms with Crippen LogP contribution < -0.4 is 9.47 Å². The van der Waals surface area contributed by atoms with Gasteiger partial charge in [0, 0.05) is 20.1 Å². The third-order valence-electron chi connectivity index (χ3n) is 6.97. The minimum atomic E-state index is -0.270. The van der Waals surface area contributed by atoms with Gasteiger partial charge < -0.3 is 9.47 Å². The zero-order chi connectivity index (χ0) is 25.4. The van der Waals surface area contributed by atoms with E-state index in [0.717, 1.165) is 31.5 Å². The Balaban J connectivity index is 1.40. The fourth-order valence-corrected chi connectivity index (χ4v) is 6.57. The predicted molar refractivity (Wildman–Crippen MR) is 145 cm³/mol. The largest absolute Gasteiger partial charge is 0.490 e. The Kier molecular flexibility index (Phi) is 7.17. The number of allylic oxidation sites excluding steroid dienone is 3. The van der Waals surface area contributed by atoms with Crippen LogP contribution in [0.3, 0.4) is 0 Å². The number of halogens is 2. The Morgan fingerprint density at radius 3 is 2.42 bits per heavy atom. The minimum Gasteiger partial charge on any atom is -0.490 e. The van der Waals surface area contributed by atoms with Crippen LogP contribution in [0.4, 0.5) is 0 Å². The predicted octanol–water partition coefficient (Wildman–Crippen LogP) is 6.06. The highest BCUT2D eigenvalue weighted by molar-refractivity contribution is 9.11. The van der Waals surface area contributed by atoms with Crippen LogP contribution in [0.1, 0.15) is 30.0 Å². The molecule has 2 fully saturated rings. The van der Waals surface area contributed by atoms with Crippen molar-refractivity contribution in [2.75, 3.05) is 6.61 Å². The highest BCUT2D eigenvalue weighted by Gasteiger charge is 2.59. The lowest BCUT2D eigenvalue weighted by atomic mass is 9.85. The van der Waals surface area contributed by atoms with E-state index in [2.05, 4.69) is 55.7 Å². The van der Waals surface area contributed by atoms with Gasteiger partial charge in [0.1, 0.15) is 6.61 Å². The number of hydrogen-bond acceptors (Lipinski definition) is 5. The highest BCUT2D eigenvalue weighted by atomic mass is 79.9. The first-order valence-electron chi connectivity index (χ1n) is 12.0. The van der Waals surface area contributed by atoms with Gasteiger partial charge in [-0.1, -0.05) is 56.2 Å². The molecule has 8 heteroatoms. The van der Waals surface area contributed by atoms with Crippen molar-refractivity contribution < 1.29 is 19.1 Å². The first-order chi connectivity index (χ1) is 17.4. The molecule has 186 valence electrons. The molecule has 0 aromatic heterocycles. The van der Waals surface area contributed by atoms with Crippen LogP contribution in [0.25, 0.3) is 0 Å². The Morgan fingerprint density at radius 2 is 1.78 bits per heavy atom. The van der Waals surface area contributed by atoms with Gasteiger partial charge >= 0.3 is 0 Å². The summed E-state index contributed by atoms with van der Waals surface area (Å²) in [7, 11) is 0. The average molecular weight is 614 g/mol. The molecule has 2 aromatic carbocycles. The third kappa shape index (κ3) is 4.57. The first kappa shape index (κ1) is 25.0. The molecule has 1 aliphatic heterocycles. The van der Waals surface area contributed by atoms with Gasteiger partial charge in [-0.15, -0.1) is 6.58 Å². The summed E-state index contributed by atoms with van der Waals surface area (Å²) in [6.07, 6.45) is 8.95. The standard InChI is InChI=1S/C28H26Br2N2O4/c1-3-5-19-10-16(14-31-32-27(33)24-17-6-7-18(12-17)25(24)28(32)34)11-23(35-4-2)26(19)36-15-20-8-9-21(29)13-22(20)30/h3,6-11,13-14,17-18,24-25H,1,4-5,12,15H2,2H3/t17-,18-,24-,25+/m0/s1. The lowest BCUT2D eigenvalue weighted by Crippen LogP contribution is -2.28. The second-order valence-electron chi connectivity index (χ2n) is 9.19. The molecule has 36 heavy (non-hydrogen) atoms. The van der Waals surface area contributed by atoms with Crippen LogP contribution in [-0.4, -0.2) is 29.6 Å². The summed E-state index contributed by atoms with van der Waals surface area (Å²) in [4.78, 5) is 25.9. The molecule has 5 rings (SSSR count). The number of fused-ring (bicyclic) bond motifs is 5. The maximum absolute atomic E-state index is 13.0. The molecule has 2 amide bonds. The molecule has 2 aromatic rings. The first-order valence-corrected chi connectivity index (χ1v) is 13.6. The molecule has 2 bridgehead atoms. The van der Waals surface area contributed by atoms with Gasteiger partial charge in [0.15, 0.2) is 11.5 Å². The number of hydrazone groups is 1. The van der Waals surface area contributed by atoms with Gasteiger partial charge in [-0.05, 0) is 61.4 Å². The Labute approximate surface area is 227 Å². The second kappa shape index (κ2) is 10.3. The molecule has 0 radical (unpaired) electrons. The van der Waals surface area contributed by atoms with E-state index < -0.39 is 0 Å². The summed E-state index contributed by atoms with van der Waals surface area (Å²) in [5.74, 6) is 0.579. The number of carbonyl (C=O) groups is 2. The van der Waals surface area contributed by atoms with E-state index >= 15 is 0 Å². The zero-order valence-corrected chi connectivity index (χ0v) is 23.0. The fraction of sp³-hybridized carbons (Fsp3) is 0.321. The van der Waals surface area contributed by atoms with Crippen molar-refractivity contribution in [3.8, 4) is 11.5 Å². The molecule has 4 atom stereocenters. The number of carbonyl (C=O) groups excluding carboxylic acids is 2. The SMILES string of the molecule is C=CCc1cc(C=NN2C(=O)[C@@H]3[C@H](C2=O)[C@H]2C=C[C@H]3C2)cc(OCC)c1OCc1ccc(Br)cc1Br. The molecule has 0 N–H and O–H groups in total. The van der Waals surface area contributed by atoms with Crippen molar-refractivity contribution >= 4 is 49.9 Å². The van der Waals surface area contributed by atoms with E-state index in [-0.39, 0.29) is 35.5 Å². The van der Waals surface area contributed by atoms with Gasteiger partial charge in [-0.3, -0.25) is 9.59 Å². The molecule has 0 unspecified atom stereocenters. The van der Waals surface area contributed by atoms with Crippen molar-refractivity contribution in [2.45, 2.75) is 26.4 Å². The normalized spacial score (nSPS) is 24.1. The van der Waals surface area contributed by atoms with E-state index in [9.17, 15) is 9.59 Å². The van der Waals surface area contributed by atoms with E-state index in [1.165, 1.54) is 0 Å². The van der Waals surface area contributed by atoms with E-state index in [1.807, 2.05) is 37.3 Å². The van der Waals surface area contributed by atoms with E-state index in [1.54, 1.807) is 12.3 Å². The Morgan fingerprint density at radius 1 is 1.06 bits per heavy atom. The number of rotatable bonds is 9. The smallest absolute Gasteiger partial charge is 0.254 e. The number of hydrogen-bond donors (Lipinski definition) is 0. The van der Waals surface area contributed by atoms with Crippen molar-refractivity contribution in [1.29, 1.82) is 0 Å². The summed E-state index contributed by atoms with van der Waals surface area (Å²) in [6, 6.07) is 9.68. The molecular weight excluding hydrogens is 588 g/mol. The zero-order valence-electron chi connectivity index (χ0n) is 19.8. The van der Waals surface area contributed by atoms with Crippen LogP contribution in [-0.2, 0) is 22.6 Å². The Bertz CT molecular complexity index is 1260. The molecule has 1 heterocycles. The lowest BCUT2D eigenvalue weighted by Gasteiger charge is -2.17. The third-order valence-corrected chi connectivity index (χ3v) is 8.21. The second-order valence-corrected chi connectivity index (χ2v) is 11.0. The monoisotopic (exact) mass is 612 g/mol. The van der Waals surface area contributed by atoms with Crippen molar-refractivity contribution in [1.82, 2.24) is 5.01 Å². The average Bonchev–Trinajstić information content (AvgIpc) is 3.53. The molecular formula is C28H26Br2N2O4. The summed E-state index contributed by atoms with van der Waals surface area (Å²) >= 11 is 7.05. The molecule has 3 aliphatic rings. The van der Waals surface area contributed by atoms with E-state index in [4.69, 9.17) is 9.47 Å². The van der Waals surface area contributed by atoms with Crippen molar-refractivity contribution in [3.63, 3.8) is 0 Å². The number of amides is 2. The fourth-order valence-electron chi connectivity index (χ4n) is 5.41. The molecule has 1 saturated carbocycles. The number of ether oxygens (including phenoxy) is 2. The number of nitrogens with zero attached hydrogens (tertiary/aromatic N) is 2. The molecule has 1 saturated heterocycles. The maximum Gasteiger partial charge on any atom is 0.254 e. The van der Waals surface area contributed by atoms with Crippen LogP contribution in [0.15, 0.2) is 69.2 Å². The summed E-state index contributed by atoms with van der Waals surface area (Å²) in [5, 5.41) is 5.39. The summed E-state index contributed by atoms with van der Waals surface area (Å²) in [5.41, 5.74) is 2.59. The highest BCUT2D eigenvalue weighted by Crippen LogP contribution is 2.52. The van der Waals surface area contributed by atoms with E-state index in [0.29, 0.717) is 36.7 Å². The van der Waals surface area contributed by atoms with Crippen molar-refractivity contribution in [2.24, 2.45) is 28.8 Å². The molecule has 2 aliphatic carbocycles. The lowest BCUT2D eigenvalue weighted by molar-refractivity contribution is -0.140.